The van der Waals surface area contributed by atoms with Crippen LogP contribution in [0.3, 0.4) is 0 Å². The molecule has 2 unspecified atom stereocenters. The van der Waals surface area contributed by atoms with Crippen molar-refractivity contribution in [3.63, 3.8) is 0 Å². The van der Waals surface area contributed by atoms with Gasteiger partial charge in [0.15, 0.2) is 0 Å². The van der Waals surface area contributed by atoms with Gasteiger partial charge in [0.25, 0.3) is 20.0 Å². The van der Waals surface area contributed by atoms with Crippen molar-refractivity contribution in [1.82, 2.24) is 9.66 Å². The Bertz CT molecular complexity index is 1240. The molecular weight excluding hydrogens is 472 g/mol. The number of aryl methyl sites for hydroxylation is 2. The molecule has 0 saturated heterocycles. The van der Waals surface area contributed by atoms with Gasteiger partial charge in [-0.1, -0.05) is 47.5 Å². The predicted molar refractivity (Wildman–Crippen MR) is 132 cm³/mol. The number of hydrogen-bond acceptors (Lipinski definition) is 6. The molecule has 2 aliphatic carbocycles. The van der Waals surface area contributed by atoms with E-state index in [0.29, 0.717) is 25.7 Å². The number of sulfonamides is 2. The quantitative estimate of drug-likeness (QED) is 0.465. The lowest BCUT2D eigenvalue weighted by molar-refractivity contribution is 0.485. The third-order valence-corrected chi connectivity index (χ3v) is 8.66. The summed E-state index contributed by atoms with van der Waals surface area (Å²) in [6.45, 7) is 3.78. The van der Waals surface area contributed by atoms with Crippen LogP contribution in [0.15, 0.2) is 80.7 Å². The SMILES string of the molecule is Cc1ccc(S(=O)(=O)N/N=C2\CC/C(=N\NS(=O)(=O)c3ccc(C)cc3)C3CC=CCC23)cc1. The van der Waals surface area contributed by atoms with Crippen LogP contribution < -0.4 is 9.66 Å². The van der Waals surface area contributed by atoms with E-state index in [-0.39, 0.29) is 21.6 Å². The number of rotatable bonds is 6. The van der Waals surface area contributed by atoms with Gasteiger partial charge < -0.3 is 0 Å². The molecule has 0 heterocycles. The normalized spacial score (nSPS) is 23.0. The number of fused-ring (bicyclic) bond motifs is 1. The molecule has 2 aromatic rings. The molecule has 34 heavy (non-hydrogen) atoms. The maximum absolute atomic E-state index is 12.6. The van der Waals surface area contributed by atoms with E-state index < -0.39 is 20.0 Å². The second kappa shape index (κ2) is 9.71. The van der Waals surface area contributed by atoms with Gasteiger partial charge in [-0.05, 0) is 63.8 Å². The van der Waals surface area contributed by atoms with E-state index >= 15 is 0 Å². The Kier molecular flexibility index (Phi) is 6.90. The van der Waals surface area contributed by atoms with Crippen LogP contribution in [0.1, 0.15) is 36.8 Å². The smallest absolute Gasteiger partial charge is 0.200 e. The molecule has 2 aromatic carbocycles. The van der Waals surface area contributed by atoms with E-state index in [1.807, 2.05) is 26.0 Å². The molecule has 0 aliphatic heterocycles. The molecule has 180 valence electrons. The van der Waals surface area contributed by atoms with E-state index in [1.54, 1.807) is 48.5 Å². The van der Waals surface area contributed by atoms with Crippen LogP contribution in [-0.4, -0.2) is 28.3 Å². The zero-order valence-corrected chi connectivity index (χ0v) is 20.7. The lowest BCUT2D eigenvalue weighted by Crippen LogP contribution is -2.39. The first kappa shape index (κ1) is 24.2. The summed E-state index contributed by atoms with van der Waals surface area (Å²) in [5, 5.41) is 8.58. The highest BCUT2D eigenvalue weighted by Gasteiger charge is 2.35. The molecule has 0 amide bonds. The molecule has 0 spiro atoms. The molecule has 10 heteroatoms. The molecule has 2 N–H and O–H groups in total. The van der Waals surface area contributed by atoms with Crippen molar-refractivity contribution < 1.29 is 16.8 Å². The molecule has 0 aromatic heterocycles. The first-order valence-electron chi connectivity index (χ1n) is 11.1. The Hall–Kier alpha value is -2.98. The first-order valence-corrected chi connectivity index (χ1v) is 14.1. The summed E-state index contributed by atoms with van der Waals surface area (Å²) in [4.78, 5) is 5.08. The molecular formula is C24H28N4O4S2. The Morgan fingerprint density at radius 2 is 1.00 bits per heavy atom. The van der Waals surface area contributed by atoms with Crippen molar-refractivity contribution in [2.45, 2.75) is 49.3 Å². The lowest BCUT2D eigenvalue weighted by Gasteiger charge is -2.35. The third kappa shape index (κ3) is 5.39. The van der Waals surface area contributed by atoms with Crippen LogP contribution in [0.5, 0.6) is 0 Å². The number of allylic oxidation sites excluding steroid dienone is 2. The Labute approximate surface area is 201 Å². The minimum absolute atomic E-state index is 0.0397. The summed E-state index contributed by atoms with van der Waals surface area (Å²) in [5.41, 5.74) is 3.45. The number of benzene rings is 2. The molecule has 1 fully saturated rings. The van der Waals surface area contributed by atoms with Gasteiger partial charge in [0.1, 0.15) is 0 Å². The molecule has 0 bridgehead atoms. The van der Waals surface area contributed by atoms with Crippen molar-refractivity contribution >= 4 is 31.5 Å². The van der Waals surface area contributed by atoms with E-state index in [4.69, 9.17) is 0 Å². The van der Waals surface area contributed by atoms with Crippen LogP contribution in [0.4, 0.5) is 0 Å². The van der Waals surface area contributed by atoms with E-state index in [9.17, 15) is 16.8 Å². The van der Waals surface area contributed by atoms with Gasteiger partial charge in [-0.2, -0.15) is 27.0 Å². The van der Waals surface area contributed by atoms with Crippen LogP contribution in [0.2, 0.25) is 0 Å². The van der Waals surface area contributed by atoms with Crippen molar-refractivity contribution in [3.05, 3.63) is 71.8 Å². The Morgan fingerprint density at radius 1 is 0.647 bits per heavy atom. The molecule has 2 aliphatic rings. The lowest BCUT2D eigenvalue weighted by atomic mass is 9.71. The average molecular weight is 501 g/mol. The summed E-state index contributed by atoms with van der Waals surface area (Å²) in [6.07, 6.45) is 6.47. The van der Waals surface area contributed by atoms with Gasteiger partial charge in [-0.3, -0.25) is 0 Å². The average Bonchev–Trinajstić information content (AvgIpc) is 2.82. The second-order valence-electron chi connectivity index (χ2n) is 8.68. The van der Waals surface area contributed by atoms with Gasteiger partial charge in [0.05, 0.1) is 9.79 Å². The number of nitrogens with one attached hydrogen (secondary N) is 2. The Balaban J connectivity index is 1.51. The zero-order chi connectivity index (χ0) is 24.3. The maximum atomic E-state index is 12.6. The fourth-order valence-corrected chi connectivity index (χ4v) is 5.91. The highest BCUT2D eigenvalue weighted by Crippen LogP contribution is 2.35. The van der Waals surface area contributed by atoms with Crippen molar-refractivity contribution in [2.24, 2.45) is 22.0 Å². The van der Waals surface area contributed by atoms with Crippen LogP contribution >= 0.6 is 0 Å². The summed E-state index contributed by atoms with van der Waals surface area (Å²) in [6, 6.07) is 13.2. The summed E-state index contributed by atoms with van der Waals surface area (Å²) >= 11 is 0. The molecule has 8 nitrogen and oxygen atoms in total. The summed E-state index contributed by atoms with van der Waals surface area (Å²) in [5.74, 6) is -0.0795. The van der Waals surface area contributed by atoms with E-state index in [0.717, 1.165) is 22.6 Å². The number of hydrogen-bond donors (Lipinski definition) is 2. The van der Waals surface area contributed by atoms with Crippen LogP contribution in [0, 0.1) is 25.7 Å². The number of nitrogens with zero attached hydrogens (tertiary/aromatic N) is 2. The van der Waals surface area contributed by atoms with Gasteiger partial charge in [0.2, 0.25) is 0 Å². The summed E-state index contributed by atoms with van der Waals surface area (Å²) in [7, 11) is -7.54. The predicted octanol–water partition coefficient (Wildman–Crippen LogP) is 3.65. The topological polar surface area (TPSA) is 117 Å². The fraction of sp³-hybridized carbons (Fsp3) is 0.333. The van der Waals surface area contributed by atoms with E-state index in [1.165, 1.54) is 0 Å². The monoisotopic (exact) mass is 500 g/mol. The highest BCUT2D eigenvalue weighted by molar-refractivity contribution is 7.89. The van der Waals surface area contributed by atoms with Gasteiger partial charge in [0, 0.05) is 23.3 Å². The first-order chi connectivity index (χ1) is 16.2. The van der Waals surface area contributed by atoms with Gasteiger partial charge >= 0.3 is 0 Å². The maximum Gasteiger partial charge on any atom is 0.276 e. The van der Waals surface area contributed by atoms with Crippen LogP contribution in [0.25, 0.3) is 0 Å². The highest BCUT2D eigenvalue weighted by atomic mass is 32.2. The standard InChI is InChI=1S/C24H28N4O4S2/c1-17-7-11-19(12-8-17)33(29,30)27-25-23-15-16-24(22-6-4-3-5-21(22)23)26-28-34(31,32)20-13-9-18(2)10-14-20/h3-4,7-14,21-22,27-28H,5-6,15-16H2,1-2H3/b25-23+,26-24+. The molecule has 2 atom stereocenters. The fourth-order valence-electron chi connectivity index (χ4n) is 4.23. The van der Waals surface area contributed by atoms with Crippen LogP contribution in [-0.2, 0) is 20.0 Å². The zero-order valence-electron chi connectivity index (χ0n) is 19.1. The molecule has 0 radical (unpaired) electrons. The molecule has 4 rings (SSSR count). The van der Waals surface area contributed by atoms with Crippen molar-refractivity contribution in [2.75, 3.05) is 0 Å². The Morgan fingerprint density at radius 3 is 1.35 bits per heavy atom. The second-order valence-corrected chi connectivity index (χ2v) is 12.0. The summed E-state index contributed by atoms with van der Waals surface area (Å²) < 4.78 is 50.6. The minimum atomic E-state index is -3.77. The van der Waals surface area contributed by atoms with Crippen molar-refractivity contribution in [3.8, 4) is 0 Å². The van der Waals surface area contributed by atoms with Gasteiger partial charge in [-0.25, -0.2) is 9.66 Å². The van der Waals surface area contributed by atoms with Crippen molar-refractivity contribution in [1.29, 1.82) is 0 Å². The number of hydrazone groups is 2. The third-order valence-electron chi connectivity index (χ3n) is 6.21. The minimum Gasteiger partial charge on any atom is -0.200 e. The van der Waals surface area contributed by atoms with E-state index in [2.05, 4.69) is 19.9 Å². The largest absolute Gasteiger partial charge is 0.276 e. The molecule has 1 saturated carbocycles. The van der Waals surface area contributed by atoms with Gasteiger partial charge in [-0.15, -0.1) is 0 Å².